The first-order valence-corrected chi connectivity index (χ1v) is 8.36. The molecule has 0 radical (unpaired) electrons. The summed E-state index contributed by atoms with van der Waals surface area (Å²) < 4.78 is 0. The Hall–Kier alpha value is -2.73. The summed E-state index contributed by atoms with van der Waals surface area (Å²) in [5.74, 6) is 0.533. The van der Waals surface area contributed by atoms with Crippen LogP contribution in [0.5, 0.6) is 0 Å². The minimum atomic E-state index is 0.533. The van der Waals surface area contributed by atoms with E-state index in [1.165, 1.54) is 5.69 Å². The maximum atomic E-state index is 4.66. The first-order chi connectivity index (χ1) is 11.9. The van der Waals surface area contributed by atoms with E-state index in [1.54, 1.807) is 0 Å². The number of nitrogens with one attached hydrogen (secondary N) is 3. The molecular formula is C18H18N6. The molecule has 1 saturated heterocycles. The van der Waals surface area contributed by atoms with E-state index in [-0.39, 0.29) is 0 Å². The van der Waals surface area contributed by atoms with Crippen LogP contribution >= 0.6 is 0 Å². The predicted molar refractivity (Wildman–Crippen MR) is 93.8 cm³/mol. The molecule has 0 atom stereocenters. The normalized spacial score (nSPS) is 16.2. The van der Waals surface area contributed by atoms with Crippen LogP contribution in [0.2, 0.25) is 0 Å². The van der Waals surface area contributed by atoms with E-state index in [9.17, 15) is 0 Å². The van der Waals surface area contributed by atoms with Gasteiger partial charge in [-0.05, 0) is 44.1 Å². The van der Waals surface area contributed by atoms with E-state index in [4.69, 9.17) is 0 Å². The summed E-state index contributed by atoms with van der Waals surface area (Å²) in [6, 6.07) is 6.33. The molecule has 0 unspecified atom stereocenters. The first-order valence-electron chi connectivity index (χ1n) is 8.36. The molecule has 24 heavy (non-hydrogen) atoms. The van der Waals surface area contributed by atoms with E-state index in [2.05, 4.69) is 42.6 Å². The van der Waals surface area contributed by atoms with Crippen LogP contribution in [0.25, 0.3) is 33.2 Å². The summed E-state index contributed by atoms with van der Waals surface area (Å²) >= 11 is 0. The Morgan fingerprint density at radius 2 is 1.96 bits per heavy atom. The summed E-state index contributed by atoms with van der Waals surface area (Å²) in [5, 5.41) is 13.3. The second-order valence-corrected chi connectivity index (χ2v) is 6.40. The highest BCUT2D eigenvalue weighted by Gasteiger charge is 2.19. The molecule has 6 nitrogen and oxygen atoms in total. The number of hydrogen-bond donors (Lipinski definition) is 3. The highest BCUT2D eigenvalue weighted by Crippen LogP contribution is 2.31. The monoisotopic (exact) mass is 318 g/mol. The Balaban J connectivity index is 1.62. The van der Waals surface area contributed by atoms with Gasteiger partial charge in [0.2, 0.25) is 0 Å². The van der Waals surface area contributed by atoms with Crippen LogP contribution in [0, 0.1) is 0 Å². The highest BCUT2D eigenvalue weighted by molar-refractivity contribution is 5.95. The molecule has 1 aliphatic heterocycles. The molecule has 120 valence electrons. The number of aromatic amines is 2. The van der Waals surface area contributed by atoms with Gasteiger partial charge in [-0.25, -0.2) is 0 Å². The van der Waals surface area contributed by atoms with E-state index < -0.39 is 0 Å². The van der Waals surface area contributed by atoms with E-state index in [0.717, 1.165) is 59.1 Å². The minimum absolute atomic E-state index is 0.533. The van der Waals surface area contributed by atoms with E-state index >= 15 is 0 Å². The fourth-order valence-corrected chi connectivity index (χ4v) is 3.58. The largest absolute Gasteiger partial charge is 0.352 e. The van der Waals surface area contributed by atoms with Crippen molar-refractivity contribution >= 4 is 21.8 Å². The second kappa shape index (κ2) is 5.42. The molecule has 0 bridgehead atoms. The summed E-state index contributed by atoms with van der Waals surface area (Å²) in [5.41, 5.74) is 5.12. The number of rotatable bonds is 2. The minimum Gasteiger partial charge on any atom is -0.352 e. The smallest absolute Gasteiger partial charge is 0.116 e. The molecule has 5 rings (SSSR count). The molecular weight excluding hydrogens is 300 g/mol. The first kappa shape index (κ1) is 13.7. The summed E-state index contributed by atoms with van der Waals surface area (Å²) in [7, 11) is 0. The lowest BCUT2D eigenvalue weighted by Gasteiger charge is -2.22. The lowest BCUT2D eigenvalue weighted by Crippen LogP contribution is -2.27. The third-order valence-corrected chi connectivity index (χ3v) is 4.90. The summed E-state index contributed by atoms with van der Waals surface area (Å²) in [6.45, 7) is 2.13. The number of nitrogens with zero attached hydrogens (tertiary/aromatic N) is 3. The zero-order chi connectivity index (χ0) is 15.9. The average molecular weight is 318 g/mol. The van der Waals surface area contributed by atoms with Crippen LogP contribution in [-0.2, 0) is 0 Å². The fourth-order valence-electron chi connectivity index (χ4n) is 3.58. The molecule has 4 aromatic heterocycles. The molecule has 6 heteroatoms. The highest BCUT2D eigenvalue weighted by atomic mass is 15.1. The van der Waals surface area contributed by atoms with Gasteiger partial charge >= 0.3 is 0 Å². The number of piperidine rings is 1. The Morgan fingerprint density at radius 1 is 1.04 bits per heavy atom. The molecule has 3 N–H and O–H groups in total. The van der Waals surface area contributed by atoms with Gasteiger partial charge in [-0.2, -0.15) is 5.10 Å². The van der Waals surface area contributed by atoms with Crippen LogP contribution in [-0.4, -0.2) is 38.2 Å². The number of pyridine rings is 2. The molecule has 0 amide bonds. The van der Waals surface area contributed by atoms with E-state index in [1.807, 2.05) is 24.7 Å². The van der Waals surface area contributed by atoms with Crippen molar-refractivity contribution in [2.75, 3.05) is 13.1 Å². The van der Waals surface area contributed by atoms with Gasteiger partial charge in [-0.3, -0.25) is 15.1 Å². The zero-order valence-electron chi connectivity index (χ0n) is 13.2. The fraction of sp³-hybridized carbons (Fsp3) is 0.278. The molecule has 5 heterocycles. The Bertz CT molecular complexity index is 976. The Labute approximate surface area is 138 Å². The van der Waals surface area contributed by atoms with Gasteiger partial charge in [-0.1, -0.05) is 0 Å². The van der Waals surface area contributed by atoms with Gasteiger partial charge in [0, 0.05) is 28.6 Å². The number of hydrogen-bond acceptors (Lipinski definition) is 4. The summed E-state index contributed by atoms with van der Waals surface area (Å²) in [6.07, 6.45) is 7.85. The van der Waals surface area contributed by atoms with Crippen molar-refractivity contribution in [1.82, 2.24) is 30.5 Å². The SMILES string of the molecule is c1cc2cc(-c3n[nH]c4cnc(C5CCNCC5)cc34)[nH]c2cn1. The van der Waals surface area contributed by atoms with Gasteiger partial charge in [0.15, 0.2) is 0 Å². The molecule has 0 spiro atoms. The average Bonchev–Trinajstić information content (AvgIpc) is 3.25. The Morgan fingerprint density at radius 3 is 2.83 bits per heavy atom. The third kappa shape index (κ3) is 2.18. The lowest BCUT2D eigenvalue weighted by molar-refractivity contribution is 0.453. The van der Waals surface area contributed by atoms with Crippen molar-refractivity contribution in [3.8, 4) is 11.4 Å². The standard InChI is InChI=1S/C18H18N6/c1-4-19-5-2-11(1)14-8-13-17(10-21-14)23-24-18(13)15-7-12-3-6-20-9-16(12)22-15/h3,6-11,19,22H,1-2,4-5H2,(H,23,24). The molecule has 0 aromatic carbocycles. The van der Waals surface area contributed by atoms with Gasteiger partial charge in [0.1, 0.15) is 5.69 Å². The molecule has 0 aliphatic carbocycles. The quantitative estimate of drug-likeness (QED) is 0.531. The summed E-state index contributed by atoms with van der Waals surface area (Å²) in [4.78, 5) is 12.2. The molecule has 1 aliphatic rings. The van der Waals surface area contributed by atoms with Gasteiger partial charge in [0.05, 0.1) is 29.1 Å². The van der Waals surface area contributed by atoms with Crippen LogP contribution in [0.1, 0.15) is 24.5 Å². The van der Waals surface area contributed by atoms with Crippen molar-refractivity contribution in [2.24, 2.45) is 0 Å². The van der Waals surface area contributed by atoms with Crippen molar-refractivity contribution in [2.45, 2.75) is 18.8 Å². The van der Waals surface area contributed by atoms with Gasteiger partial charge < -0.3 is 10.3 Å². The maximum Gasteiger partial charge on any atom is 0.116 e. The molecule has 1 fully saturated rings. The predicted octanol–water partition coefficient (Wildman–Crippen LogP) is 2.97. The molecule has 0 saturated carbocycles. The van der Waals surface area contributed by atoms with Crippen molar-refractivity contribution in [3.63, 3.8) is 0 Å². The van der Waals surface area contributed by atoms with Crippen molar-refractivity contribution in [3.05, 3.63) is 42.5 Å². The zero-order valence-corrected chi connectivity index (χ0v) is 13.2. The number of H-pyrrole nitrogens is 2. The number of aromatic nitrogens is 5. The van der Waals surface area contributed by atoms with Crippen LogP contribution in [0.4, 0.5) is 0 Å². The maximum absolute atomic E-state index is 4.66. The lowest BCUT2D eigenvalue weighted by atomic mass is 9.93. The van der Waals surface area contributed by atoms with Crippen molar-refractivity contribution < 1.29 is 0 Å². The van der Waals surface area contributed by atoms with Crippen molar-refractivity contribution in [1.29, 1.82) is 0 Å². The third-order valence-electron chi connectivity index (χ3n) is 4.90. The van der Waals surface area contributed by atoms with Crippen LogP contribution in [0.3, 0.4) is 0 Å². The van der Waals surface area contributed by atoms with Gasteiger partial charge in [-0.15, -0.1) is 0 Å². The number of fused-ring (bicyclic) bond motifs is 2. The van der Waals surface area contributed by atoms with E-state index in [0.29, 0.717) is 5.92 Å². The second-order valence-electron chi connectivity index (χ2n) is 6.40. The molecule has 4 aromatic rings. The Kier molecular flexibility index (Phi) is 3.09. The van der Waals surface area contributed by atoms with Gasteiger partial charge in [0.25, 0.3) is 0 Å². The van der Waals surface area contributed by atoms with Crippen LogP contribution in [0.15, 0.2) is 36.8 Å². The topological polar surface area (TPSA) is 82.3 Å². The van der Waals surface area contributed by atoms with Crippen LogP contribution < -0.4 is 5.32 Å².